The van der Waals surface area contributed by atoms with Crippen LogP contribution in [-0.2, 0) is 10.0 Å². The summed E-state index contributed by atoms with van der Waals surface area (Å²) in [6.45, 7) is 3.64. The summed E-state index contributed by atoms with van der Waals surface area (Å²) in [4.78, 5) is 2.30. The highest BCUT2D eigenvalue weighted by Gasteiger charge is 2.32. The van der Waals surface area contributed by atoms with E-state index in [4.69, 9.17) is 20.5 Å². The molecule has 1 fully saturated rings. The van der Waals surface area contributed by atoms with Crippen molar-refractivity contribution in [3.05, 3.63) is 53.4 Å². The van der Waals surface area contributed by atoms with Crippen LogP contribution in [0.25, 0.3) is 11.5 Å². The fourth-order valence-corrected chi connectivity index (χ4v) is 4.87. The predicted octanol–water partition coefficient (Wildman–Crippen LogP) is 3.41. The van der Waals surface area contributed by atoms with E-state index < -0.39 is 10.0 Å². The second-order valence-electron chi connectivity index (χ2n) is 6.28. The molecule has 3 aromatic rings. The lowest BCUT2D eigenvalue weighted by molar-refractivity contribution is 0.383. The van der Waals surface area contributed by atoms with Crippen molar-refractivity contribution >= 4 is 27.3 Å². The number of furan rings is 1. The summed E-state index contributed by atoms with van der Waals surface area (Å²) in [7, 11) is -3.65. The number of aryl methyl sites for hydroxylation is 1. The normalized spacial score (nSPS) is 16.0. The van der Waals surface area contributed by atoms with Crippen LogP contribution in [0.5, 0.6) is 0 Å². The van der Waals surface area contributed by atoms with Crippen molar-refractivity contribution in [2.75, 3.05) is 31.1 Å². The van der Waals surface area contributed by atoms with Gasteiger partial charge in [0.05, 0.1) is 6.20 Å². The standard InChI is InChI=1S/C18H18ClN3O4S/c1-13-18(12-17(25-13)16-6-7-20-26-16)27(23,24)22-10-8-21(9-11-22)15-4-2-14(19)3-5-15/h2-7,12H,8-11H2,1H3. The van der Waals surface area contributed by atoms with Gasteiger partial charge in [0.2, 0.25) is 15.8 Å². The van der Waals surface area contributed by atoms with Crippen molar-refractivity contribution in [3.63, 3.8) is 0 Å². The van der Waals surface area contributed by atoms with E-state index in [9.17, 15) is 8.42 Å². The third kappa shape index (κ3) is 3.47. The second kappa shape index (κ2) is 7.03. The lowest BCUT2D eigenvalue weighted by Gasteiger charge is -2.35. The van der Waals surface area contributed by atoms with Crippen molar-refractivity contribution in [2.45, 2.75) is 11.8 Å². The number of halogens is 1. The molecule has 0 N–H and O–H groups in total. The van der Waals surface area contributed by atoms with Crippen LogP contribution in [0.4, 0.5) is 5.69 Å². The maximum absolute atomic E-state index is 13.1. The molecule has 0 spiro atoms. The number of rotatable bonds is 4. The Morgan fingerprint density at radius 1 is 1.04 bits per heavy atom. The van der Waals surface area contributed by atoms with Crippen LogP contribution in [0, 0.1) is 6.92 Å². The van der Waals surface area contributed by atoms with Gasteiger partial charge in [-0.2, -0.15) is 4.31 Å². The van der Waals surface area contributed by atoms with E-state index in [1.165, 1.54) is 16.6 Å². The lowest BCUT2D eigenvalue weighted by atomic mass is 10.2. The minimum Gasteiger partial charge on any atom is -0.457 e. The highest BCUT2D eigenvalue weighted by atomic mass is 35.5. The molecule has 0 aliphatic carbocycles. The van der Waals surface area contributed by atoms with E-state index in [1.54, 1.807) is 13.0 Å². The molecule has 0 atom stereocenters. The quantitative estimate of drug-likeness (QED) is 0.659. The van der Waals surface area contributed by atoms with Crippen LogP contribution in [0.2, 0.25) is 5.02 Å². The average Bonchev–Trinajstić information content (AvgIpc) is 3.32. The second-order valence-corrected chi connectivity index (χ2v) is 8.62. The number of hydrogen-bond acceptors (Lipinski definition) is 6. The molecule has 27 heavy (non-hydrogen) atoms. The molecule has 1 saturated heterocycles. The molecule has 3 heterocycles. The minimum atomic E-state index is -3.65. The Hall–Kier alpha value is -2.29. The summed E-state index contributed by atoms with van der Waals surface area (Å²) in [6.07, 6.45) is 1.48. The highest BCUT2D eigenvalue weighted by molar-refractivity contribution is 7.89. The van der Waals surface area contributed by atoms with E-state index in [1.807, 2.05) is 24.3 Å². The first-order valence-electron chi connectivity index (χ1n) is 8.47. The van der Waals surface area contributed by atoms with Gasteiger partial charge in [0.1, 0.15) is 10.7 Å². The van der Waals surface area contributed by atoms with Crippen LogP contribution in [0.15, 0.2) is 56.4 Å². The van der Waals surface area contributed by atoms with E-state index in [0.29, 0.717) is 48.5 Å². The first kappa shape index (κ1) is 18.1. The Labute approximate surface area is 162 Å². The van der Waals surface area contributed by atoms with E-state index >= 15 is 0 Å². The van der Waals surface area contributed by atoms with Crippen molar-refractivity contribution in [1.29, 1.82) is 0 Å². The SMILES string of the molecule is Cc1oc(-c2ccno2)cc1S(=O)(=O)N1CCN(c2ccc(Cl)cc2)CC1. The third-order valence-corrected chi connectivity index (χ3v) is 6.86. The van der Waals surface area contributed by atoms with Gasteiger partial charge in [0, 0.05) is 49.0 Å². The molecule has 142 valence electrons. The van der Waals surface area contributed by atoms with Crippen LogP contribution < -0.4 is 4.90 Å². The van der Waals surface area contributed by atoms with Crippen LogP contribution in [0.3, 0.4) is 0 Å². The van der Waals surface area contributed by atoms with E-state index in [2.05, 4.69) is 10.1 Å². The van der Waals surface area contributed by atoms with Gasteiger partial charge in [0.25, 0.3) is 0 Å². The third-order valence-electron chi connectivity index (χ3n) is 4.60. The maximum atomic E-state index is 13.1. The first-order valence-corrected chi connectivity index (χ1v) is 10.3. The topological polar surface area (TPSA) is 79.8 Å². The number of hydrogen-bond donors (Lipinski definition) is 0. The maximum Gasteiger partial charge on any atom is 0.246 e. The van der Waals surface area contributed by atoms with Gasteiger partial charge in [0.15, 0.2) is 5.76 Å². The number of anilines is 1. The highest BCUT2D eigenvalue weighted by Crippen LogP contribution is 2.30. The number of piperazine rings is 1. The molecule has 0 saturated carbocycles. The Bertz CT molecular complexity index is 1020. The fraction of sp³-hybridized carbons (Fsp3) is 0.278. The molecule has 9 heteroatoms. The van der Waals surface area contributed by atoms with Gasteiger partial charge >= 0.3 is 0 Å². The summed E-state index contributed by atoms with van der Waals surface area (Å²) in [5.74, 6) is 1.08. The zero-order valence-electron chi connectivity index (χ0n) is 14.6. The molecule has 0 bridgehead atoms. The molecule has 2 aromatic heterocycles. The summed E-state index contributed by atoms with van der Waals surface area (Å²) in [5.41, 5.74) is 1.03. The molecule has 4 rings (SSSR count). The Morgan fingerprint density at radius 2 is 1.74 bits per heavy atom. The lowest BCUT2D eigenvalue weighted by Crippen LogP contribution is -2.48. The van der Waals surface area contributed by atoms with Crippen molar-refractivity contribution in [3.8, 4) is 11.5 Å². The van der Waals surface area contributed by atoms with Crippen LogP contribution >= 0.6 is 11.6 Å². The van der Waals surface area contributed by atoms with Crippen molar-refractivity contribution in [1.82, 2.24) is 9.46 Å². The number of sulfonamides is 1. The summed E-state index contributed by atoms with van der Waals surface area (Å²) in [6, 6.07) is 10.7. The molecule has 0 radical (unpaired) electrons. The largest absolute Gasteiger partial charge is 0.457 e. The Kier molecular flexibility index (Phi) is 4.71. The number of nitrogens with zero attached hydrogens (tertiary/aromatic N) is 3. The average molecular weight is 408 g/mol. The zero-order chi connectivity index (χ0) is 19.0. The van der Waals surface area contributed by atoms with Gasteiger partial charge in [-0.15, -0.1) is 0 Å². The van der Waals surface area contributed by atoms with Gasteiger partial charge in [-0.3, -0.25) is 0 Å². The molecule has 1 aliphatic heterocycles. The predicted molar refractivity (Wildman–Crippen MR) is 101 cm³/mol. The van der Waals surface area contributed by atoms with Gasteiger partial charge < -0.3 is 13.8 Å². The number of benzene rings is 1. The molecule has 7 nitrogen and oxygen atoms in total. The molecule has 0 unspecified atom stereocenters. The molecular formula is C18H18ClN3O4S. The minimum absolute atomic E-state index is 0.161. The molecule has 1 aliphatic rings. The monoisotopic (exact) mass is 407 g/mol. The summed E-state index contributed by atoms with van der Waals surface area (Å²) >= 11 is 5.93. The zero-order valence-corrected chi connectivity index (χ0v) is 16.2. The fourth-order valence-electron chi connectivity index (χ4n) is 3.16. The van der Waals surface area contributed by atoms with Crippen LogP contribution in [0.1, 0.15) is 5.76 Å². The van der Waals surface area contributed by atoms with Crippen molar-refractivity contribution in [2.24, 2.45) is 0 Å². The van der Waals surface area contributed by atoms with Crippen LogP contribution in [-0.4, -0.2) is 44.1 Å². The smallest absolute Gasteiger partial charge is 0.246 e. The van der Waals surface area contributed by atoms with Crippen molar-refractivity contribution < 1.29 is 17.4 Å². The number of aromatic nitrogens is 1. The van der Waals surface area contributed by atoms with E-state index in [0.717, 1.165) is 5.69 Å². The molecule has 1 aromatic carbocycles. The first-order chi connectivity index (χ1) is 12.9. The summed E-state index contributed by atoms with van der Waals surface area (Å²) < 4.78 is 38.2. The summed E-state index contributed by atoms with van der Waals surface area (Å²) in [5, 5.41) is 4.30. The van der Waals surface area contributed by atoms with E-state index in [-0.39, 0.29) is 4.90 Å². The van der Waals surface area contributed by atoms with Gasteiger partial charge in [-0.1, -0.05) is 16.8 Å². The molecule has 0 amide bonds. The Morgan fingerprint density at radius 3 is 2.37 bits per heavy atom. The molecular weight excluding hydrogens is 390 g/mol. The Balaban J connectivity index is 1.51. The van der Waals surface area contributed by atoms with Gasteiger partial charge in [-0.05, 0) is 31.2 Å². The van der Waals surface area contributed by atoms with Gasteiger partial charge in [-0.25, -0.2) is 8.42 Å².